The molecule has 2 amide bonds. The standard InChI is InChI=1S/C20H24N4O3/c25-19(22-16-12-23-7-3-13(16)4-8-23)15-10-17-14(11-21-15)9-18(27-17)20(26)24-5-1-2-6-24/h9-11,13,16H,1-8,12H2,(H,22,25). The number of hydrogen-bond acceptors (Lipinski definition) is 5. The van der Waals surface area contributed by atoms with Crippen molar-refractivity contribution in [3.8, 4) is 0 Å². The van der Waals surface area contributed by atoms with E-state index in [1.54, 1.807) is 18.3 Å². The third-order valence-electron chi connectivity index (χ3n) is 6.21. The number of amides is 2. The molecule has 142 valence electrons. The number of rotatable bonds is 3. The third kappa shape index (κ3) is 3.10. The van der Waals surface area contributed by atoms with E-state index in [0.717, 1.165) is 63.8 Å². The van der Waals surface area contributed by atoms with Gasteiger partial charge in [-0.25, -0.2) is 0 Å². The maximum atomic E-state index is 12.7. The van der Waals surface area contributed by atoms with Crippen molar-refractivity contribution < 1.29 is 14.0 Å². The summed E-state index contributed by atoms with van der Waals surface area (Å²) >= 11 is 0. The Balaban J connectivity index is 1.33. The number of fused-ring (bicyclic) bond motifs is 4. The Labute approximate surface area is 157 Å². The van der Waals surface area contributed by atoms with Gasteiger partial charge in [-0.2, -0.15) is 0 Å². The second-order valence-corrected chi connectivity index (χ2v) is 7.94. The van der Waals surface area contributed by atoms with Crippen LogP contribution in [0.15, 0.2) is 22.7 Å². The van der Waals surface area contributed by atoms with Crippen molar-refractivity contribution in [1.82, 2.24) is 20.1 Å². The molecule has 0 aliphatic carbocycles. The minimum atomic E-state index is -0.167. The van der Waals surface area contributed by atoms with Crippen molar-refractivity contribution in [3.63, 3.8) is 0 Å². The number of piperidine rings is 3. The van der Waals surface area contributed by atoms with Gasteiger partial charge in [0.15, 0.2) is 5.76 Å². The molecule has 1 atom stereocenters. The average molecular weight is 368 g/mol. The van der Waals surface area contributed by atoms with Crippen LogP contribution in [0.5, 0.6) is 0 Å². The van der Waals surface area contributed by atoms with Crippen molar-refractivity contribution in [3.05, 3.63) is 29.8 Å². The molecule has 6 heterocycles. The van der Waals surface area contributed by atoms with Crippen molar-refractivity contribution in [2.45, 2.75) is 31.7 Å². The Morgan fingerprint density at radius 2 is 1.89 bits per heavy atom. The summed E-state index contributed by atoms with van der Waals surface area (Å²) in [7, 11) is 0. The zero-order valence-electron chi connectivity index (χ0n) is 15.3. The van der Waals surface area contributed by atoms with Gasteiger partial charge in [-0.3, -0.25) is 14.6 Å². The fourth-order valence-electron chi connectivity index (χ4n) is 4.61. The highest BCUT2D eigenvalue weighted by Gasteiger charge is 2.35. The Morgan fingerprint density at radius 1 is 1.11 bits per heavy atom. The monoisotopic (exact) mass is 368 g/mol. The van der Waals surface area contributed by atoms with E-state index in [1.807, 2.05) is 4.90 Å². The normalized spacial score (nSPS) is 27.3. The van der Waals surface area contributed by atoms with Gasteiger partial charge in [0.25, 0.3) is 11.8 Å². The molecule has 27 heavy (non-hydrogen) atoms. The van der Waals surface area contributed by atoms with Gasteiger partial charge in [0, 0.05) is 43.3 Å². The number of nitrogens with zero attached hydrogens (tertiary/aromatic N) is 3. The van der Waals surface area contributed by atoms with E-state index in [2.05, 4.69) is 15.2 Å². The predicted molar refractivity (Wildman–Crippen MR) is 99.6 cm³/mol. The number of likely N-dealkylation sites (tertiary alicyclic amines) is 1. The number of hydrogen-bond donors (Lipinski definition) is 1. The summed E-state index contributed by atoms with van der Waals surface area (Å²) < 4.78 is 5.75. The molecule has 0 aromatic carbocycles. The summed E-state index contributed by atoms with van der Waals surface area (Å²) in [4.78, 5) is 33.7. The van der Waals surface area contributed by atoms with Crippen LogP contribution >= 0.6 is 0 Å². The van der Waals surface area contributed by atoms with Crippen LogP contribution in [0.4, 0.5) is 0 Å². The molecule has 1 N–H and O–H groups in total. The largest absolute Gasteiger partial charge is 0.451 e. The molecule has 0 saturated carbocycles. The van der Waals surface area contributed by atoms with Gasteiger partial charge in [0.05, 0.1) is 0 Å². The second-order valence-electron chi connectivity index (χ2n) is 7.94. The molecule has 4 aliphatic rings. The van der Waals surface area contributed by atoms with E-state index in [4.69, 9.17) is 4.42 Å². The Kier molecular flexibility index (Phi) is 4.11. The van der Waals surface area contributed by atoms with Crippen LogP contribution in [0.3, 0.4) is 0 Å². The number of furan rings is 1. The summed E-state index contributed by atoms with van der Waals surface area (Å²) in [6.07, 6.45) is 6.00. The predicted octanol–water partition coefficient (Wildman–Crippen LogP) is 1.89. The van der Waals surface area contributed by atoms with Crippen LogP contribution in [0.1, 0.15) is 46.7 Å². The lowest BCUT2D eigenvalue weighted by Gasteiger charge is -2.44. The van der Waals surface area contributed by atoms with Gasteiger partial charge in [-0.1, -0.05) is 0 Å². The summed E-state index contributed by atoms with van der Waals surface area (Å²) in [5.74, 6) is 0.640. The minimum Gasteiger partial charge on any atom is -0.451 e. The molecular weight excluding hydrogens is 344 g/mol. The van der Waals surface area contributed by atoms with E-state index in [0.29, 0.717) is 23.0 Å². The zero-order chi connectivity index (χ0) is 18.4. The van der Waals surface area contributed by atoms with Gasteiger partial charge in [-0.05, 0) is 50.8 Å². The molecule has 2 aromatic rings. The second kappa shape index (κ2) is 6.64. The topological polar surface area (TPSA) is 78.7 Å². The van der Waals surface area contributed by atoms with Crippen LogP contribution in [-0.4, -0.2) is 65.4 Å². The molecule has 6 rings (SSSR count). The summed E-state index contributed by atoms with van der Waals surface area (Å²) in [5.41, 5.74) is 0.875. The molecule has 4 fully saturated rings. The maximum Gasteiger partial charge on any atom is 0.289 e. The molecule has 0 spiro atoms. The minimum absolute atomic E-state index is 0.0815. The first-order valence-corrected chi connectivity index (χ1v) is 9.89. The average Bonchev–Trinajstić information content (AvgIpc) is 3.37. The lowest BCUT2D eigenvalue weighted by Crippen LogP contribution is -2.57. The lowest BCUT2D eigenvalue weighted by molar-refractivity contribution is 0.0617. The lowest BCUT2D eigenvalue weighted by atomic mass is 9.84. The molecule has 4 aliphatic heterocycles. The smallest absolute Gasteiger partial charge is 0.289 e. The molecule has 0 radical (unpaired) electrons. The zero-order valence-corrected chi connectivity index (χ0v) is 15.3. The maximum absolute atomic E-state index is 12.7. The highest BCUT2D eigenvalue weighted by atomic mass is 16.3. The third-order valence-corrected chi connectivity index (χ3v) is 6.21. The van der Waals surface area contributed by atoms with E-state index in [1.165, 1.54) is 0 Å². The molecule has 7 nitrogen and oxygen atoms in total. The van der Waals surface area contributed by atoms with Gasteiger partial charge < -0.3 is 19.5 Å². The number of pyridine rings is 1. The first kappa shape index (κ1) is 16.7. The van der Waals surface area contributed by atoms with Gasteiger partial charge >= 0.3 is 0 Å². The SMILES string of the molecule is O=C(NC1CN2CCC1CC2)c1cc2oc(C(=O)N3CCCC3)cc2cn1. The molecule has 7 heteroatoms. The van der Waals surface area contributed by atoms with E-state index < -0.39 is 0 Å². The van der Waals surface area contributed by atoms with Crippen molar-refractivity contribution in [1.29, 1.82) is 0 Å². The Hall–Kier alpha value is -2.41. The Bertz CT molecular complexity index is 878. The number of carbonyl (C=O) groups is 2. The van der Waals surface area contributed by atoms with Crippen molar-refractivity contribution in [2.75, 3.05) is 32.7 Å². The number of aromatic nitrogens is 1. The van der Waals surface area contributed by atoms with Crippen LogP contribution in [0, 0.1) is 5.92 Å². The van der Waals surface area contributed by atoms with E-state index in [-0.39, 0.29) is 17.9 Å². The fraction of sp³-hybridized carbons (Fsp3) is 0.550. The van der Waals surface area contributed by atoms with E-state index in [9.17, 15) is 9.59 Å². The summed E-state index contributed by atoms with van der Waals surface area (Å²) in [5, 5.41) is 3.89. The molecule has 2 bridgehead atoms. The van der Waals surface area contributed by atoms with Crippen LogP contribution < -0.4 is 5.32 Å². The molecule has 1 unspecified atom stereocenters. The number of carbonyl (C=O) groups excluding carboxylic acids is 2. The van der Waals surface area contributed by atoms with Gasteiger partial charge in [0.2, 0.25) is 0 Å². The highest BCUT2D eigenvalue weighted by Crippen LogP contribution is 2.28. The summed E-state index contributed by atoms with van der Waals surface area (Å²) in [6, 6.07) is 3.56. The summed E-state index contributed by atoms with van der Waals surface area (Å²) in [6.45, 7) is 4.76. The number of nitrogens with one attached hydrogen (secondary N) is 1. The van der Waals surface area contributed by atoms with Crippen LogP contribution in [0.2, 0.25) is 0 Å². The first-order chi connectivity index (χ1) is 13.2. The van der Waals surface area contributed by atoms with Crippen molar-refractivity contribution in [2.24, 2.45) is 5.92 Å². The highest BCUT2D eigenvalue weighted by molar-refractivity contribution is 5.98. The molecular formula is C20H24N4O3. The fourth-order valence-corrected chi connectivity index (χ4v) is 4.61. The van der Waals surface area contributed by atoms with Gasteiger partial charge in [0.1, 0.15) is 11.3 Å². The van der Waals surface area contributed by atoms with E-state index >= 15 is 0 Å². The van der Waals surface area contributed by atoms with Crippen LogP contribution in [-0.2, 0) is 0 Å². The van der Waals surface area contributed by atoms with Crippen LogP contribution in [0.25, 0.3) is 11.0 Å². The van der Waals surface area contributed by atoms with Crippen molar-refractivity contribution >= 4 is 22.8 Å². The van der Waals surface area contributed by atoms with Gasteiger partial charge in [-0.15, -0.1) is 0 Å². The molecule has 2 aromatic heterocycles. The molecule has 4 saturated heterocycles. The first-order valence-electron chi connectivity index (χ1n) is 9.89. The quantitative estimate of drug-likeness (QED) is 0.895. The Morgan fingerprint density at radius 3 is 2.59 bits per heavy atom.